The molecule has 61 heavy (non-hydrogen) atoms. The minimum atomic E-state index is -2.04. The molecule has 3 amide bonds. The average Bonchev–Trinajstić information content (AvgIpc) is 3.67. The molecule has 0 bridgehead atoms. The number of likely N-dealkylation sites (N-methyl/N-ethyl adjacent to an activating group) is 2. The molecule has 4 aliphatic rings. The van der Waals surface area contributed by atoms with Gasteiger partial charge in [0.05, 0.1) is 18.7 Å². The predicted molar refractivity (Wildman–Crippen MR) is 229 cm³/mol. The summed E-state index contributed by atoms with van der Waals surface area (Å²) in [7, 11) is 2.92. The third-order valence-corrected chi connectivity index (χ3v) is 13.5. The van der Waals surface area contributed by atoms with Gasteiger partial charge in [-0.1, -0.05) is 66.7 Å². The van der Waals surface area contributed by atoms with E-state index < -0.39 is 35.1 Å². The number of carbonyl (C=O) groups excluding carboxylic acids is 5. The number of anilines is 1. The van der Waals surface area contributed by atoms with Crippen LogP contribution in [0.15, 0.2) is 91.0 Å². The van der Waals surface area contributed by atoms with Crippen molar-refractivity contribution in [3.8, 4) is 0 Å². The van der Waals surface area contributed by atoms with Crippen LogP contribution >= 0.6 is 0 Å². The van der Waals surface area contributed by atoms with E-state index in [0.717, 1.165) is 29.7 Å². The summed E-state index contributed by atoms with van der Waals surface area (Å²) in [5.74, 6) is -0.999. The standard InChI is InChI=1S/C49H53F2N5O5/c1-52-45(59)43(13-8-24-57)53(2)46(60)42-26-37-28-54(27-36(37)25-38(42)29-58)30-48(50)20-22-55(23-21-48)47(61)49(51)31-56(32-49)39-17-14-35(15-18-39)44-40-12-7-6-11-34(40)16-19-41(44)33-9-4-3-5-10-33/h3-7,9-12,14-15,17-18,24-26,29,41,43-44H,8,13,16,19-23,27-28,30-32H2,1-2H3,(H,52,59)/t41-,43?,44-/m1/s1. The number of fused-ring (bicyclic) bond motifs is 2. The van der Waals surface area contributed by atoms with E-state index >= 15 is 8.78 Å². The minimum Gasteiger partial charge on any atom is -0.364 e. The van der Waals surface area contributed by atoms with Crippen LogP contribution in [0.4, 0.5) is 14.5 Å². The van der Waals surface area contributed by atoms with Gasteiger partial charge in [-0.25, -0.2) is 8.78 Å². The maximum atomic E-state index is 16.4. The van der Waals surface area contributed by atoms with Gasteiger partial charge >= 0.3 is 0 Å². The Hall–Kier alpha value is -5.75. The van der Waals surface area contributed by atoms with Gasteiger partial charge in [-0.3, -0.25) is 24.1 Å². The number of likely N-dealkylation sites (tertiary alicyclic amines) is 1. The number of hydrogen-bond acceptors (Lipinski definition) is 7. The average molecular weight is 830 g/mol. The molecule has 8 rings (SSSR count). The van der Waals surface area contributed by atoms with Crippen LogP contribution < -0.4 is 10.2 Å². The highest BCUT2D eigenvalue weighted by atomic mass is 19.1. The van der Waals surface area contributed by atoms with Crippen molar-refractivity contribution in [2.75, 3.05) is 51.7 Å². The predicted octanol–water partition coefficient (Wildman–Crippen LogP) is 6.40. The van der Waals surface area contributed by atoms with Gasteiger partial charge in [0, 0.05) is 83.3 Å². The molecule has 10 nitrogen and oxygen atoms in total. The second kappa shape index (κ2) is 17.3. The van der Waals surface area contributed by atoms with Crippen molar-refractivity contribution in [2.45, 2.75) is 80.8 Å². The number of aldehydes is 2. The van der Waals surface area contributed by atoms with Crippen LogP contribution in [-0.2, 0) is 33.9 Å². The molecule has 1 N–H and O–H groups in total. The maximum Gasteiger partial charge on any atom is 0.264 e. The fourth-order valence-electron chi connectivity index (χ4n) is 10.1. The number of alkyl halides is 2. The summed E-state index contributed by atoms with van der Waals surface area (Å²) in [6.45, 7) is 0.918. The second-order valence-corrected chi connectivity index (χ2v) is 17.3. The van der Waals surface area contributed by atoms with Crippen molar-refractivity contribution in [1.82, 2.24) is 20.0 Å². The topological polar surface area (TPSA) is 110 Å². The molecular formula is C49H53F2N5O5. The van der Waals surface area contributed by atoms with Crippen molar-refractivity contribution in [1.29, 1.82) is 0 Å². The molecule has 4 aromatic rings. The van der Waals surface area contributed by atoms with Gasteiger partial charge in [0.1, 0.15) is 18.0 Å². The lowest BCUT2D eigenvalue weighted by Gasteiger charge is -2.48. The molecule has 0 aromatic heterocycles. The fourth-order valence-corrected chi connectivity index (χ4v) is 10.1. The highest BCUT2D eigenvalue weighted by Crippen LogP contribution is 2.47. The lowest BCUT2D eigenvalue weighted by atomic mass is 9.69. The molecule has 0 saturated carbocycles. The first kappa shape index (κ1) is 42.0. The maximum absolute atomic E-state index is 16.4. The Balaban J connectivity index is 0.860. The summed E-state index contributed by atoms with van der Waals surface area (Å²) in [6, 6.07) is 30.1. The van der Waals surface area contributed by atoms with Gasteiger partial charge in [-0.15, -0.1) is 0 Å². The molecular weight excluding hydrogens is 777 g/mol. The van der Waals surface area contributed by atoms with E-state index in [1.54, 1.807) is 12.1 Å². The van der Waals surface area contributed by atoms with Crippen LogP contribution in [0.1, 0.15) is 98.0 Å². The van der Waals surface area contributed by atoms with Crippen molar-refractivity contribution in [3.05, 3.63) is 136 Å². The number of rotatable bonds is 13. The van der Waals surface area contributed by atoms with E-state index in [4.69, 9.17) is 0 Å². The molecule has 12 heteroatoms. The molecule has 1 aliphatic carbocycles. The number of aryl methyl sites for hydroxylation is 1. The second-order valence-electron chi connectivity index (χ2n) is 17.3. The Kier molecular flexibility index (Phi) is 11.9. The quantitative estimate of drug-likeness (QED) is 0.156. The number of carbonyl (C=O) groups is 5. The minimum absolute atomic E-state index is 0.0539. The molecule has 0 radical (unpaired) electrons. The van der Waals surface area contributed by atoms with E-state index in [0.29, 0.717) is 31.6 Å². The van der Waals surface area contributed by atoms with E-state index in [2.05, 4.69) is 66.0 Å². The molecule has 0 spiro atoms. The number of nitrogens with zero attached hydrogens (tertiary/aromatic N) is 4. The van der Waals surface area contributed by atoms with Gasteiger partial charge < -0.3 is 24.8 Å². The van der Waals surface area contributed by atoms with Gasteiger partial charge in [-0.2, -0.15) is 0 Å². The Labute approximate surface area is 355 Å². The van der Waals surface area contributed by atoms with E-state index in [-0.39, 0.29) is 75.5 Å². The zero-order valence-corrected chi connectivity index (χ0v) is 34.8. The van der Waals surface area contributed by atoms with Crippen molar-refractivity contribution in [3.63, 3.8) is 0 Å². The van der Waals surface area contributed by atoms with Crippen LogP contribution in [0.3, 0.4) is 0 Å². The third-order valence-electron chi connectivity index (χ3n) is 13.5. The van der Waals surface area contributed by atoms with E-state index in [9.17, 15) is 24.0 Å². The van der Waals surface area contributed by atoms with Crippen LogP contribution in [0.5, 0.6) is 0 Å². The van der Waals surface area contributed by atoms with Gasteiger partial charge in [0.2, 0.25) is 11.6 Å². The lowest BCUT2D eigenvalue weighted by Crippen LogP contribution is -2.67. The number of amides is 3. The van der Waals surface area contributed by atoms with Crippen LogP contribution in [-0.4, -0.2) is 109 Å². The fraction of sp³-hybridized carbons (Fsp3) is 0.408. The first-order valence-electron chi connectivity index (χ1n) is 21.3. The monoisotopic (exact) mass is 829 g/mol. The van der Waals surface area contributed by atoms with E-state index in [1.807, 2.05) is 28.0 Å². The lowest BCUT2D eigenvalue weighted by molar-refractivity contribution is -0.148. The summed E-state index contributed by atoms with van der Waals surface area (Å²) < 4.78 is 32.6. The Morgan fingerprint density at radius 1 is 0.869 bits per heavy atom. The summed E-state index contributed by atoms with van der Waals surface area (Å²) in [5.41, 5.74) is 4.36. The first-order chi connectivity index (χ1) is 29.4. The largest absolute Gasteiger partial charge is 0.364 e. The SMILES string of the molecule is CNC(=O)C(CCC=O)N(C)C(=O)c1cc2c(cc1C=O)CN(CC1(F)CCN(C(=O)C3(F)CN(c4ccc([C@@H]5c6ccccc6CC[C@@H]5c5ccccc5)cc4)C3)CC1)C2. The summed E-state index contributed by atoms with van der Waals surface area (Å²) >= 11 is 0. The number of piperidine rings is 1. The number of benzene rings is 4. The molecule has 3 atom stereocenters. The Morgan fingerprint density at radius 2 is 1.54 bits per heavy atom. The zero-order chi connectivity index (χ0) is 42.9. The molecule has 3 aliphatic heterocycles. The van der Waals surface area contributed by atoms with Gasteiger partial charge in [-0.05, 0) is 82.8 Å². The van der Waals surface area contributed by atoms with Crippen LogP contribution in [0.25, 0.3) is 0 Å². The van der Waals surface area contributed by atoms with Gasteiger partial charge in [0.25, 0.3) is 11.8 Å². The molecule has 2 saturated heterocycles. The van der Waals surface area contributed by atoms with Crippen molar-refractivity contribution in [2.24, 2.45) is 0 Å². The van der Waals surface area contributed by atoms with Gasteiger partial charge in [0.15, 0.2) is 6.29 Å². The third kappa shape index (κ3) is 8.34. The van der Waals surface area contributed by atoms with Crippen molar-refractivity contribution >= 4 is 36.0 Å². The zero-order valence-electron chi connectivity index (χ0n) is 34.8. The number of hydrogen-bond donors (Lipinski definition) is 1. The number of nitrogens with one attached hydrogen (secondary N) is 1. The summed E-state index contributed by atoms with van der Waals surface area (Å²) in [6.07, 6.45) is 3.72. The summed E-state index contributed by atoms with van der Waals surface area (Å²) in [5, 5.41) is 2.52. The smallest absolute Gasteiger partial charge is 0.264 e. The van der Waals surface area contributed by atoms with Crippen LogP contribution in [0, 0.1) is 0 Å². The highest BCUT2D eigenvalue weighted by molar-refractivity contribution is 6.03. The van der Waals surface area contributed by atoms with Crippen LogP contribution in [0.2, 0.25) is 0 Å². The molecule has 4 aromatic carbocycles. The summed E-state index contributed by atoms with van der Waals surface area (Å²) in [4.78, 5) is 69.4. The molecule has 2 fully saturated rings. The Morgan fingerprint density at radius 3 is 2.21 bits per heavy atom. The first-order valence-corrected chi connectivity index (χ1v) is 21.3. The van der Waals surface area contributed by atoms with Crippen molar-refractivity contribution < 1.29 is 32.8 Å². The Bertz CT molecular complexity index is 2290. The molecule has 1 unspecified atom stereocenters. The van der Waals surface area contributed by atoms with E-state index in [1.165, 1.54) is 46.1 Å². The number of halogens is 2. The molecule has 318 valence electrons. The normalized spacial score (nSPS) is 20.7. The highest BCUT2D eigenvalue weighted by Gasteiger charge is 2.53. The molecule has 3 heterocycles.